The second-order valence-corrected chi connectivity index (χ2v) is 9.17. The number of hydrogen-bond acceptors (Lipinski definition) is 6. The van der Waals surface area contributed by atoms with E-state index in [0.717, 1.165) is 0 Å². The Bertz CT molecular complexity index is 507. The van der Waals surface area contributed by atoms with Gasteiger partial charge in [0, 0.05) is 33.5 Å². The predicted molar refractivity (Wildman–Crippen MR) is 77.4 cm³/mol. The molecule has 20 heavy (non-hydrogen) atoms. The quantitative estimate of drug-likeness (QED) is 0.688. The minimum Gasteiger partial charge on any atom is -0.311 e. The summed E-state index contributed by atoms with van der Waals surface area (Å²) in [5, 5.41) is -1.00. The molecule has 1 aromatic rings. The lowest BCUT2D eigenvalue weighted by Gasteiger charge is -2.29. The maximum atomic E-state index is 12.7. The third kappa shape index (κ3) is 3.34. The van der Waals surface area contributed by atoms with Gasteiger partial charge in [0.2, 0.25) is 0 Å². The first-order valence-electron chi connectivity index (χ1n) is 5.55. The molecule has 0 saturated heterocycles. The zero-order valence-electron chi connectivity index (χ0n) is 11.6. The summed E-state index contributed by atoms with van der Waals surface area (Å²) in [6.45, 7) is 0. The van der Waals surface area contributed by atoms with Crippen molar-refractivity contribution >= 4 is 26.8 Å². The second kappa shape index (κ2) is 7.19. The molecule has 9 heteroatoms. The maximum Gasteiger partial charge on any atom is 0.349 e. The molecule has 0 spiro atoms. The molecule has 1 aromatic carbocycles. The van der Waals surface area contributed by atoms with E-state index in [-0.39, 0.29) is 5.02 Å². The highest BCUT2D eigenvalue weighted by molar-refractivity contribution is 7.72. The van der Waals surface area contributed by atoms with Crippen LogP contribution in [0, 0.1) is 0 Å². The molecule has 0 fully saturated rings. The number of halogens is 1. The van der Waals surface area contributed by atoms with Gasteiger partial charge in [0.25, 0.3) is 0 Å². The third-order valence-electron chi connectivity index (χ3n) is 2.80. The molecule has 1 rings (SSSR count). The summed E-state index contributed by atoms with van der Waals surface area (Å²) < 4.78 is 45.3. The minimum atomic E-state index is -3.79. The Morgan fingerprint density at radius 2 is 1.30 bits per heavy atom. The average molecular weight is 343 g/mol. The van der Waals surface area contributed by atoms with Crippen molar-refractivity contribution in [2.75, 3.05) is 28.4 Å². The smallest absolute Gasteiger partial charge is 0.311 e. The molecule has 0 atom stereocenters. The molecule has 0 aliphatic heterocycles. The highest BCUT2D eigenvalue weighted by atomic mass is 35.5. The standard InChI is InChI=1S/C11H17ClO6P2/c1-15-19(13,16-2)11(20(14,17-3)18-4)9-7-5-6-8-10(9)12/h5-8,11H,1-4H3. The monoisotopic (exact) mass is 342 g/mol. The molecule has 0 heterocycles. The first kappa shape index (κ1) is 17.9. The van der Waals surface area contributed by atoms with Gasteiger partial charge < -0.3 is 18.1 Å². The molecule has 0 radical (unpaired) electrons. The van der Waals surface area contributed by atoms with Crippen LogP contribution in [0.25, 0.3) is 0 Å². The molecule has 0 saturated carbocycles. The molecule has 0 aliphatic carbocycles. The molecule has 0 unspecified atom stereocenters. The van der Waals surface area contributed by atoms with Crippen LogP contribution < -0.4 is 0 Å². The van der Waals surface area contributed by atoms with E-state index in [1.807, 2.05) is 0 Å². The number of benzene rings is 1. The van der Waals surface area contributed by atoms with E-state index >= 15 is 0 Å². The summed E-state index contributed by atoms with van der Waals surface area (Å²) in [7, 11) is -2.79. The lowest BCUT2D eigenvalue weighted by Crippen LogP contribution is -2.08. The van der Waals surface area contributed by atoms with Gasteiger partial charge in [-0.15, -0.1) is 0 Å². The summed E-state index contributed by atoms with van der Waals surface area (Å²) in [4.78, 5) is 0. The molecule has 0 N–H and O–H groups in total. The van der Waals surface area contributed by atoms with Crippen molar-refractivity contribution in [3.63, 3.8) is 0 Å². The van der Waals surface area contributed by atoms with Crippen LogP contribution in [-0.4, -0.2) is 28.4 Å². The van der Waals surface area contributed by atoms with Crippen LogP contribution in [0.3, 0.4) is 0 Å². The van der Waals surface area contributed by atoms with Crippen molar-refractivity contribution in [1.29, 1.82) is 0 Å². The van der Waals surface area contributed by atoms with E-state index in [4.69, 9.17) is 29.7 Å². The van der Waals surface area contributed by atoms with Crippen molar-refractivity contribution < 1.29 is 27.2 Å². The molecular weight excluding hydrogens is 326 g/mol. The van der Waals surface area contributed by atoms with Crippen molar-refractivity contribution in [3.8, 4) is 0 Å². The van der Waals surface area contributed by atoms with Crippen molar-refractivity contribution in [2.24, 2.45) is 0 Å². The van der Waals surface area contributed by atoms with Gasteiger partial charge in [0.05, 0.1) is 0 Å². The van der Waals surface area contributed by atoms with Gasteiger partial charge >= 0.3 is 15.2 Å². The zero-order valence-corrected chi connectivity index (χ0v) is 14.2. The Kier molecular flexibility index (Phi) is 6.42. The second-order valence-electron chi connectivity index (χ2n) is 3.71. The minimum absolute atomic E-state index is 0.265. The molecule has 6 nitrogen and oxygen atoms in total. The van der Waals surface area contributed by atoms with Gasteiger partial charge in [-0.25, -0.2) is 0 Å². The van der Waals surface area contributed by atoms with E-state index in [2.05, 4.69) is 0 Å². The van der Waals surface area contributed by atoms with E-state index < -0.39 is 20.6 Å². The Labute approximate surface area is 123 Å². The maximum absolute atomic E-state index is 12.7. The highest BCUT2D eigenvalue weighted by Crippen LogP contribution is 2.78. The van der Waals surface area contributed by atoms with Crippen molar-refractivity contribution in [1.82, 2.24) is 0 Å². The molecule has 114 valence electrons. The van der Waals surface area contributed by atoms with Gasteiger partial charge in [-0.1, -0.05) is 29.8 Å². The van der Waals surface area contributed by atoms with Crippen molar-refractivity contribution in [3.05, 3.63) is 34.9 Å². The van der Waals surface area contributed by atoms with Gasteiger partial charge in [-0.2, -0.15) is 0 Å². The molecule has 0 bridgehead atoms. The van der Waals surface area contributed by atoms with E-state index in [0.29, 0.717) is 5.56 Å². The zero-order chi connectivity index (χ0) is 15.4. The van der Waals surface area contributed by atoms with E-state index in [1.165, 1.54) is 28.4 Å². The topological polar surface area (TPSA) is 71.1 Å². The summed E-state index contributed by atoms with van der Waals surface area (Å²) in [6.07, 6.45) is 0. The van der Waals surface area contributed by atoms with Crippen LogP contribution in [-0.2, 0) is 27.2 Å². The van der Waals surface area contributed by atoms with Crippen LogP contribution >= 0.6 is 26.8 Å². The Balaban J connectivity index is 3.56. The summed E-state index contributed by atoms with van der Waals surface area (Å²) in [5.74, 6) is 0. The lowest BCUT2D eigenvalue weighted by molar-refractivity contribution is 0.247. The normalized spacial score (nSPS) is 12.9. The molecule has 0 aromatic heterocycles. The average Bonchev–Trinajstić information content (AvgIpc) is 2.48. The van der Waals surface area contributed by atoms with Gasteiger partial charge in [-0.05, 0) is 11.6 Å². The first-order valence-corrected chi connectivity index (χ1v) is 9.15. The number of hydrogen-bond donors (Lipinski definition) is 0. The van der Waals surface area contributed by atoms with Crippen LogP contribution in [0.5, 0.6) is 0 Å². The van der Waals surface area contributed by atoms with Crippen LogP contribution in [0.4, 0.5) is 0 Å². The molecule has 0 aliphatic rings. The highest BCUT2D eigenvalue weighted by Gasteiger charge is 2.51. The third-order valence-corrected chi connectivity index (χ3v) is 8.63. The van der Waals surface area contributed by atoms with Crippen molar-refractivity contribution in [2.45, 2.75) is 5.40 Å². The summed E-state index contributed by atoms with van der Waals surface area (Å²) >= 11 is 6.09. The predicted octanol–water partition coefficient (Wildman–Crippen LogP) is 4.31. The van der Waals surface area contributed by atoms with Crippen LogP contribution in [0.15, 0.2) is 24.3 Å². The lowest BCUT2D eigenvalue weighted by atomic mass is 10.2. The van der Waals surface area contributed by atoms with Crippen LogP contribution in [0.1, 0.15) is 11.0 Å². The van der Waals surface area contributed by atoms with E-state index in [9.17, 15) is 9.13 Å². The fourth-order valence-corrected chi connectivity index (χ4v) is 6.89. The SMILES string of the molecule is COP(=O)(OC)C(c1ccccc1Cl)P(=O)(OC)OC. The van der Waals surface area contributed by atoms with Gasteiger partial charge in [0.15, 0.2) is 5.40 Å². The van der Waals surface area contributed by atoms with Crippen LogP contribution in [0.2, 0.25) is 5.02 Å². The molecule has 0 amide bonds. The first-order chi connectivity index (χ1) is 9.38. The summed E-state index contributed by atoms with van der Waals surface area (Å²) in [5.41, 5.74) is 0.313. The summed E-state index contributed by atoms with van der Waals surface area (Å²) in [6, 6.07) is 6.51. The largest absolute Gasteiger partial charge is 0.349 e. The molecular formula is C11H17ClO6P2. The van der Waals surface area contributed by atoms with Gasteiger partial charge in [-0.3, -0.25) is 9.13 Å². The Hall–Kier alpha value is -0.190. The Morgan fingerprint density at radius 1 is 0.900 bits per heavy atom. The Morgan fingerprint density at radius 3 is 1.65 bits per heavy atom. The fraction of sp³-hybridized carbons (Fsp3) is 0.455. The van der Waals surface area contributed by atoms with E-state index in [1.54, 1.807) is 24.3 Å². The number of rotatable bonds is 7. The fourth-order valence-electron chi connectivity index (χ4n) is 1.75. The van der Waals surface area contributed by atoms with Gasteiger partial charge in [0.1, 0.15) is 0 Å².